The molecule has 1 aromatic rings. The van der Waals surface area contributed by atoms with E-state index in [4.69, 9.17) is 5.73 Å². The molecule has 0 spiro atoms. The normalized spacial score (nSPS) is 13.5. The monoisotopic (exact) mass is 460 g/mol. The summed E-state index contributed by atoms with van der Waals surface area (Å²) in [6.45, 7) is 8.27. The molecular formula is C13H25IN4O2S2. The number of guanidine groups is 1. The molecule has 1 unspecified atom stereocenters. The first kappa shape index (κ1) is 21.6. The van der Waals surface area contributed by atoms with E-state index in [1.165, 1.54) is 11.3 Å². The fraction of sp³-hybridized carbons (Fsp3) is 0.615. The standard InChI is InChI=1S/C13H24N4O2S2.HI/c1-5-9(2)17-13(14)15-6-7-16-21(18,19)12-8-10(3)20-11(12)4;/h8-9,16H,5-7H2,1-4H3,(H3,14,15,17);1H. The van der Waals surface area contributed by atoms with Crippen LogP contribution in [0.3, 0.4) is 0 Å². The summed E-state index contributed by atoms with van der Waals surface area (Å²) >= 11 is 1.47. The van der Waals surface area contributed by atoms with E-state index in [1.54, 1.807) is 13.0 Å². The van der Waals surface area contributed by atoms with Crippen LogP contribution in [0.1, 0.15) is 30.0 Å². The second-order valence-electron chi connectivity index (χ2n) is 4.90. The lowest BCUT2D eigenvalue weighted by Crippen LogP contribution is -2.38. The Morgan fingerprint density at radius 2 is 2.09 bits per heavy atom. The summed E-state index contributed by atoms with van der Waals surface area (Å²) in [6.07, 6.45) is 0.944. The van der Waals surface area contributed by atoms with Crippen molar-refractivity contribution in [2.24, 2.45) is 10.7 Å². The Hall–Kier alpha value is -0.390. The molecule has 22 heavy (non-hydrogen) atoms. The van der Waals surface area contributed by atoms with Gasteiger partial charge in [-0.05, 0) is 33.3 Å². The molecule has 0 aliphatic carbocycles. The van der Waals surface area contributed by atoms with Gasteiger partial charge in [0, 0.05) is 22.3 Å². The Bertz CT molecular complexity index is 599. The SMILES string of the molecule is CCC(C)NC(N)=NCCNS(=O)(=O)c1cc(C)sc1C.I. The average Bonchev–Trinajstić information content (AvgIpc) is 2.74. The zero-order valence-corrected chi connectivity index (χ0v) is 17.3. The van der Waals surface area contributed by atoms with Crippen molar-refractivity contribution in [2.45, 2.75) is 45.1 Å². The van der Waals surface area contributed by atoms with Gasteiger partial charge in [-0.25, -0.2) is 13.1 Å². The van der Waals surface area contributed by atoms with E-state index in [0.717, 1.165) is 16.2 Å². The third-order valence-electron chi connectivity index (χ3n) is 2.98. The van der Waals surface area contributed by atoms with E-state index in [0.29, 0.717) is 17.4 Å². The predicted molar refractivity (Wildman–Crippen MR) is 104 cm³/mol. The molecule has 1 rings (SSSR count). The zero-order chi connectivity index (χ0) is 16.0. The predicted octanol–water partition coefficient (Wildman–Crippen LogP) is 1.96. The van der Waals surface area contributed by atoms with E-state index in [1.807, 2.05) is 20.8 Å². The molecule has 0 aliphatic rings. The number of hydrogen-bond acceptors (Lipinski definition) is 4. The van der Waals surface area contributed by atoms with Crippen LogP contribution in [0.4, 0.5) is 0 Å². The molecule has 1 atom stereocenters. The number of thiophene rings is 1. The van der Waals surface area contributed by atoms with E-state index < -0.39 is 10.0 Å². The van der Waals surface area contributed by atoms with E-state index in [2.05, 4.69) is 15.0 Å². The molecule has 4 N–H and O–H groups in total. The topological polar surface area (TPSA) is 96.6 Å². The van der Waals surface area contributed by atoms with Crippen molar-refractivity contribution in [3.8, 4) is 0 Å². The summed E-state index contributed by atoms with van der Waals surface area (Å²) < 4.78 is 26.8. The first-order chi connectivity index (χ1) is 9.76. The number of nitrogens with one attached hydrogen (secondary N) is 2. The molecule has 0 fully saturated rings. The van der Waals surface area contributed by atoms with Crippen molar-refractivity contribution < 1.29 is 8.42 Å². The highest BCUT2D eigenvalue weighted by molar-refractivity contribution is 14.0. The summed E-state index contributed by atoms with van der Waals surface area (Å²) in [6, 6.07) is 1.94. The molecule has 0 aliphatic heterocycles. The number of halogens is 1. The molecule has 1 heterocycles. The first-order valence-electron chi connectivity index (χ1n) is 6.89. The Balaban J connectivity index is 0.00000441. The smallest absolute Gasteiger partial charge is 0.241 e. The van der Waals surface area contributed by atoms with Crippen molar-refractivity contribution in [2.75, 3.05) is 13.1 Å². The summed E-state index contributed by atoms with van der Waals surface area (Å²) in [7, 11) is -3.47. The van der Waals surface area contributed by atoms with Crippen LogP contribution in [0.2, 0.25) is 0 Å². The van der Waals surface area contributed by atoms with Gasteiger partial charge in [-0.2, -0.15) is 0 Å². The summed E-state index contributed by atoms with van der Waals surface area (Å²) in [5, 5.41) is 3.02. The quantitative estimate of drug-likeness (QED) is 0.251. The Kier molecular flexibility index (Phi) is 9.51. The molecule has 0 aromatic carbocycles. The van der Waals surface area contributed by atoms with Crippen LogP contribution >= 0.6 is 35.3 Å². The zero-order valence-electron chi connectivity index (χ0n) is 13.3. The Morgan fingerprint density at radius 3 is 2.59 bits per heavy atom. The summed E-state index contributed by atoms with van der Waals surface area (Å²) in [5.41, 5.74) is 5.70. The van der Waals surface area contributed by atoms with Crippen LogP contribution in [0, 0.1) is 13.8 Å². The maximum Gasteiger partial charge on any atom is 0.241 e. The van der Waals surface area contributed by atoms with Crippen molar-refractivity contribution >= 4 is 51.3 Å². The molecule has 6 nitrogen and oxygen atoms in total. The van der Waals surface area contributed by atoms with Crippen LogP contribution in [0.25, 0.3) is 0 Å². The van der Waals surface area contributed by atoms with Gasteiger partial charge in [0.25, 0.3) is 0 Å². The minimum absolute atomic E-state index is 0. The van der Waals surface area contributed by atoms with E-state index in [9.17, 15) is 8.42 Å². The van der Waals surface area contributed by atoms with Gasteiger partial charge in [-0.3, -0.25) is 4.99 Å². The number of aryl methyl sites for hydroxylation is 2. The molecule has 1 aromatic heterocycles. The lowest BCUT2D eigenvalue weighted by molar-refractivity contribution is 0.581. The van der Waals surface area contributed by atoms with Gasteiger partial charge >= 0.3 is 0 Å². The van der Waals surface area contributed by atoms with Crippen LogP contribution < -0.4 is 15.8 Å². The molecule has 0 radical (unpaired) electrons. The molecule has 128 valence electrons. The lowest BCUT2D eigenvalue weighted by atomic mass is 10.3. The van der Waals surface area contributed by atoms with Crippen molar-refractivity contribution in [3.63, 3.8) is 0 Å². The number of nitrogens with two attached hydrogens (primary N) is 1. The average molecular weight is 460 g/mol. The van der Waals surface area contributed by atoms with Gasteiger partial charge in [-0.1, -0.05) is 6.92 Å². The molecule has 0 amide bonds. The van der Waals surface area contributed by atoms with Gasteiger partial charge in [0.15, 0.2) is 5.96 Å². The van der Waals surface area contributed by atoms with Crippen LogP contribution in [0.15, 0.2) is 16.0 Å². The van der Waals surface area contributed by atoms with Gasteiger partial charge in [0.2, 0.25) is 10.0 Å². The number of rotatable bonds is 7. The van der Waals surface area contributed by atoms with Crippen molar-refractivity contribution in [1.82, 2.24) is 10.0 Å². The third-order valence-corrected chi connectivity index (χ3v) is 5.66. The number of hydrogen-bond donors (Lipinski definition) is 3. The van der Waals surface area contributed by atoms with Crippen molar-refractivity contribution in [1.29, 1.82) is 0 Å². The van der Waals surface area contributed by atoms with E-state index in [-0.39, 0.29) is 36.6 Å². The van der Waals surface area contributed by atoms with Crippen LogP contribution in [0.5, 0.6) is 0 Å². The van der Waals surface area contributed by atoms with Gasteiger partial charge in [0.1, 0.15) is 0 Å². The largest absolute Gasteiger partial charge is 0.370 e. The maximum absolute atomic E-state index is 12.1. The first-order valence-corrected chi connectivity index (χ1v) is 9.19. The van der Waals surface area contributed by atoms with Crippen molar-refractivity contribution in [3.05, 3.63) is 15.8 Å². The number of aliphatic imine (C=N–C) groups is 1. The third kappa shape index (κ3) is 6.80. The second kappa shape index (κ2) is 9.68. The minimum atomic E-state index is -3.47. The molecule has 0 saturated carbocycles. The lowest BCUT2D eigenvalue weighted by Gasteiger charge is -2.11. The number of nitrogens with zero attached hydrogens (tertiary/aromatic N) is 1. The second-order valence-corrected chi connectivity index (χ2v) is 8.09. The van der Waals surface area contributed by atoms with Crippen LogP contribution in [-0.4, -0.2) is 33.5 Å². The van der Waals surface area contributed by atoms with Crippen LogP contribution in [-0.2, 0) is 10.0 Å². The summed E-state index contributed by atoms with van der Waals surface area (Å²) in [5.74, 6) is 0.339. The molecule has 0 saturated heterocycles. The molecule has 0 bridgehead atoms. The van der Waals surface area contributed by atoms with Gasteiger partial charge in [-0.15, -0.1) is 35.3 Å². The Labute approximate surface area is 154 Å². The number of sulfonamides is 1. The summed E-state index contributed by atoms with van der Waals surface area (Å²) in [4.78, 5) is 6.21. The highest BCUT2D eigenvalue weighted by Gasteiger charge is 2.18. The minimum Gasteiger partial charge on any atom is -0.370 e. The molecule has 9 heteroatoms. The Morgan fingerprint density at radius 1 is 1.45 bits per heavy atom. The van der Waals surface area contributed by atoms with Gasteiger partial charge in [0.05, 0.1) is 11.4 Å². The van der Waals surface area contributed by atoms with Gasteiger partial charge < -0.3 is 11.1 Å². The fourth-order valence-corrected chi connectivity index (χ4v) is 4.28. The highest BCUT2D eigenvalue weighted by atomic mass is 127. The maximum atomic E-state index is 12.1. The van der Waals surface area contributed by atoms with E-state index >= 15 is 0 Å². The highest BCUT2D eigenvalue weighted by Crippen LogP contribution is 2.24. The molecular weight excluding hydrogens is 435 g/mol. The fourth-order valence-electron chi connectivity index (χ4n) is 1.71.